The first kappa shape index (κ1) is 14.1. The molecule has 3 aromatic heterocycles. The lowest BCUT2D eigenvalue weighted by Gasteiger charge is -2.09. The summed E-state index contributed by atoms with van der Waals surface area (Å²) in [6, 6.07) is 12.3. The molecule has 5 rings (SSSR count). The van der Waals surface area contributed by atoms with Gasteiger partial charge in [0.05, 0.1) is 17.9 Å². The SMILES string of the molecule is CNc1ccc2c(c1)OCc1cc(-c3ccnc4[nH]ccc34)nn1C2. The van der Waals surface area contributed by atoms with E-state index in [0.717, 1.165) is 45.0 Å². The van der Waals surface area contributed by atoms with Gasteiger partial charge in [-0.15, -0.1) is 0 Å². The minimum atomic E-state index is 0.508. The van der Waals surface area contributed by atoms with Crippen LogP contribution in [0.2, 0.25) is 0 Å². The first-order valence-corrected chi connectivity index (χ1v) is 8.24. The number of aromatic amines is 1. The summed E-state index contributed by atoms with van der Waals surface area (Å²) >= 11 is 0. The molecule has 124 valence electrons. The molecule has 6 heteroatoms. The van der Waals surface area contributed by atoms with Crippen LogP contribution in [0.5, 0.6) is 5.75 Å². The summed E-state index contributed by atoms with van der Waals surface area (Å²) in [4.78, 5) is 7.50. The van der Waals surface area contributed by atoms with E-state index in [2.05, 4.69) is 33.5 Å². The van der Waals surface area contributed by atoms with E-state index in [-0.39, 0.29) is 0 Å². The van der Waals surface area contributed by atoms with Gasteiger partial charge in [-0.3, -0.25) is 4.68 Å². The molecule has 4 heterocycles. The number of hydrogen-bond acceptors (Lipinski definition) is 4. The number of rotatable bonds is 2. The molecule has 0 spiro atoms. The van der Waals surface area contributed by atoms with Gasteiger partial charge in [-0.2, -0.15) is 5.10 Å². The molecule has 1 aliphatic heterocycles. The monoisotopic (exact) mass is 331 g/mol. The van der Waals surface area contributed by atoms with Gasteiger partial charge in [0, 0.05) is 47.7 Å². The van der Waals surface area contributed by atoms with Crippen LogP contribution in [-0.4, -0.2) is 26.8 Å². The van der Waals surface area contributed by atoms with E-state index in [1.54, 1.807) is 0 Å². The smallest absolute Gasteiger partial charge is 0.137 e. The highest BCUT2D eigenvalue weighted by Crippen LogP contribution is 2.31. The number of nitrogens with one attached hydrogen (secondary N) is 2. The van der Waals surface area contributed by atoms with E-state index in [0.29, 0.717) is 13.2 Å². The minimum Gasteiger partial charge on any atom is -0.487 e. The highest BCUT2D eigenvalue weighted by molar-refractivity contribution is 5.91. The standard InChI is InChI=1S/C19H17N5O/c1-20-13-3-2-12-10-24-14(11-25-18(12)8-13)9-17(23-24)15-4-6-21-19-16(15)5-7-22-19/h2-9,20H,10-11H2,1H3,(H,21,22). The fraction of sp³-hybridized carbons (Fsp3) is 0.158. The lowest BCUT2D eigenvalue weighted by atomic mass is 10.1. The maximum Gasteiger partial charge on any atom is 0.137 e. The lowest BCUT2D eigenvalue weighted by Crippen LogP contribution is -2.04. The Bertz CT molecular complexity index is 1080. The van der Waals surface area contributed by atoms with Crippen LogP contribution in [-0.2, 0) is 13.2 Å². The summed E-state index contributed by atoms with van der Waals surface area (Å²) in [6.45, 7) is 1.21. The maximum atomic E-state index is 6.02. The Morgan fingerprint density at radius 1 is 1.20 bits per heavy atom. The molecule has 6 nitrogen and oxygen atoms in total. The number of pyridine rings is 1. The largest absolute Gasteiger partial charge is 0.487 e. The Morgan fingerprint density at radius 3 is 3.08 bits per heavy atom. The van der Waals surface area contributed by atoms with Crippen LogP contribution in [0.1, 0.15) is 11.3 Å². The normalized spacial score (nSPS) is 13.0. The van der Waals surface area contributed by atoms with Crippen molar-refractivity contribution in [3.8, 4) is 17.0 Å². The molecular formula is C19H17N5O. The Balaban J connectivity index is 1.57. The molecule has 2 N–H and O–H groups in total. The quantitative estimate of drug-likeness (QED) is 0.591. The number of fused-ring (bicyclic) bond motifs is 3. The van der Waals surface area contributed by atoms with Crippen LogP contribution in [0, 0.1) is 0 Å². The molecule has 0 aliphatic carbocycles. The van der Waals surface area contributed by atoms with E-state index >= 15 is 0 Å². The van der Waals surface area contributed by atoms with E-state index in [1.807, 2.05) is 42.3 Å². The number of nitrogens with zero attached hydrogens (tertiary/aromatic N) is 3. The van der Waals surface area contributed by atoms with Crippen molar-refractivity contribution in [2.45, 2.75) is 13.2 Å². The Kier molecular flexibility index (Phi) is 3.03. The second-order valence-electron chi connectivity index (χ2n) is 6.14. The van der Waals surface area contributed by atoms with Crippen LogP contribution >= 0.6 is 0 Å². The average molecular weight is 331 g/mol. The molecule has 0 fully saturated rings. The van der Waals surface area contributed by atoms with Crippen LogP contribution < -0.4 is 10.1 Å². The number of hydrogen-bond donors (Lipinski definition) is 2. The molecule has 0 bridgehead atoms. The molecule has 0 unspecified atom stereocenters. The molecule has 1 aliphatic rings. The number of anilines is 1. The third-order valence-electron chi connectivity index (χ3n) is 4.65. The van der Waals surface area contributed by atoms with Crippen LogP contribution in [0.25, 0.3) is 22.3 Å². The van der Waals surface area contributed by atoms with E-state index in [1.165, 1.54) is 0 Å². The zero-order valence-corrected chi connectivity index (χ0v) is 13.8. The van der Waals surface area contributed by atoms with E-state index in [4.69, 9.17) is 9.84 Å². The van der Waals surface area contributed by atoms with Crippen molar-refractivity contribution in [3.05, 3.63) is 60.0 Å². The molecule has 0 atom stereocenters. The van der Waals surface area contributed by atoms with Crippen molar-refractivity contribution in [1.29, 1.82) is 0 Å². The van der Waals surface area contributed by atoms with Gasteiger partial charge in [0.25, 0.3) is 0 Å². The third kappa shape index (κ3) is 2.26. The summed E-state index contributed by atoms with van der Waals surface area (Å²) in [5, 5.41) is 9.06. The number of benzene rings is 1. The first-order chi connectivity index (χ1) is 12.3. The Morgan fingerprint density at radius 2 is 2.16 bits per heavy atom. The predicted octanol–water partition coefficient (Wildman–Crippen LogP) is 3.41. The van der Waals surface area contributed by atoms with Crippen molar-refractivity contribution >= 4 is 16.7 Å². The summed E-state index contributed by atoms with van der Waals surface area (Å²) in [6.07, 6.45) is 3.71. The van der Waals surface area contributed by atoms with Gasteiger partial charge in [0.15, 0.2) is 0 Å². The molecule has 0 radical (unpaired) electrons. The Labute approximate surface area is 144 Å². The predicted molar refractivity (Wildman–Crippen MR) is 96.7 cm³/mol. The van der Waals surface area contributed by atoms with Gasteiger partial charge in [-0.05, 0) is 24.3 Å². The molecule has 1 aromatic carbocycles. The van der Waals surface area contributed by atoms with Gasteiger partial charge in [-0.1, -0.05) is 6.07 Å². The number of H-pyrrole nitrogens is 1. The van der Waals surface area contributed by atoms with Crippen molar-refractivity contribution in [3.63, 3.8) is 0 Å². The second kappa shape index (κ2) is 5.37. The van der Waals surface area contributed by atoms with Crippen molar-refractivity contribution in [2.24, 2.45) is 0 Å². The number of aromatic nitrogens is 4. The van der Waals surface area contributed by atoms with Crippen molar-refractivity contribution < 1.29 is 4.74 Å². The molecule has 4 aromatic rings. The highest BCUT2D eigenvalue weighted by Gasteiger charge is 2.18. The highest BCUT2D eigenvalue weighted by atomic mass is 16.5. The zero-order chi connectivity index (χ0) is 16.8. The molecule has 0 amide bonds. The third-order valence-corrected chi connectivity index (χ3v) is 4.65. The minimum absolute atomic E-state index is 0.508. The summed E-state index contributed by atoms with van der Waals surface area (Å²) in [7, 11) is 1.91. The summed E-state index contributed by atoms with van der Waals surface area (Å²) in [5.74, 6) is 0.913. The fourth-order valence-corrected chi connectivity index (χ4v) is 3.31. The van der Waals surface area contributed by atoms with Crippen LogP contribution in [0.3, 0.4) is 0 Å². The van der Waals surface area contributed by atoms with Crippen LogP contribution in [0.4, 0.5) is 5.69 Å². The Hall–Kier alpha value is -3.28. The van der Waals surface area contributed by atoms with Crippen molar-refractivity contribution in [2.75, 3.05) is 12.4 Å². The first-order valence-electron chi connectivity index (χ1n) is 8.24. The number of ether oxygens (including phenoxy) is 1. The molecule has 0 saturated carbocycles. The van der Waals surface area contributed by atoms with Gasteiger partial charge < -0.3 is 15.0 Å². The van der Waals surface area contributed by atoms with Gasteiger partial charge in [-0.25, -0.2) is 4.98 Å². The van der Waals surface area contributed by atoms with Gasteiger partial charge >= 0.3 is 0 Å². The van der Waals surface area contributed by atoms with Crippen LogP contribution in [0.15, 0.2) is 48.8 Å². The zero-order valence-electron chi connectivity index (χ0n) is 13.8. The second-order valence-corrected chi connectivity index (χ2v) is 6.14. The van der Waals surface area contributed by atoms with E-state index in [9.17, 15) is 0 Å². The average Bonchev–Trinajstić information content (AvgIpc) is 3.24. The molecular weight excluding hydrogens is 314 g/mol. The van der Waals surface area contributed by atoms with E-state index < -0.39 is 0 Å². The van der Waals surface area contributed by atoms with Crippen molar-refractivity contribution in [1.82, 2.24) is 19.7 Å². The summed E-state index contributed by atoms with van der Waals surface area (Å²) in [5.41, 5.74) is 6.15. The molecule has 0 saturated heterocycles. The van der Waals surface area contributed by atoms with Gasteiger partial charge in [0.1, 0.15) is 18.0 Å². The van der Waals surface area contributed by atoms with Gasteiger partial charge in [0.2, 0.25) is 0 Å². The topological polar surface area (TPSA) is 67.8 Å². The fourth-order valence-electron chi connectivity index (χ4n) is 3.31. The summed E-state index contributed by atoms with van der Waals surface area (Å²) < 4.78 is 8.05. The maximum absolute atomic E-state index is 6.02. The lowest BCUT2D eigenvalue weighted by molar-refractivity contribution is 0.302. The molecule has 25 heavy (non-hydrogen) atoms.